The van der Waals surface area contributed by atoms with Crippen LogP contribution in [0.1, 0.15) is 44.1 Å². The van der Waals surface area contributed by atoms with Crippen LogP contribution in [0.25, 0.3) is 0 Å². The standard InChI is InChI=1S/C20H24O6/c1-8(2)18-13(25-18)14-20(26-14)17(3)5-4-9-10(7-23-15(9)21)11(17)6-12-19(20,24-12)16(18)22/h8,11-14,16,22H,4-7H2,1-3H3/t11-,12-,13-,14-,16+,17-,18-,19+,20+/m0/s1/i7D2,11D. The lowest BCUT2D eigenvalue weighted by atomic mass is 9.46. The maximum atomic E-state index is 12.3. The number of rotatable bonds is 1. The van der Waals surface area contributed by atoms with Crippen LogP contribution in [-0.2, 0) is 23.7 Å². The molecule has 0 amide bonds. The summed E-state index contributed by atoms with van der Waals surface area (Å²) in [6.45, 7) is 3.69. The van der Waals surface area contributed by atoms with E-state index in [1.165, 1.54) is 0 Å². The van der Waals surface area contributed by atoms with E-state index in [-0.39, 0.29) is 30.1 Å². The van der Waals surface area contributed by atoms with Gasteiger partial charge in [0.1, 0.15) is 36.1 Å². The Morgan fingerprint density at radius 3 is 2.88 bits per heavy atom. The molecule has 0 aromatic rings. The molecule has 4 aliphatic heterocycles. The Morgan fingerprint density at radius 2 is 2.12 bits per heavy atom. The molecule has 6 nitrogen and oxygen atoms in total. The van der Waals surface area contributed by atoms with Crippen molar-refractivity contribution < 1.29 is 33.0 Å². The fraction of sp³-hybridized carbons (Fsp3) is 0.850. The molecule has 140 valence electrons. The van der Waals surface area contributed by atoms with Gasteiger partial charge < -0.3 is 24.1 Å². The molecule has 4 heterocycles. The number of ether oxygens (including phenoxy) is 4. The van der Waals surface area contributed by atoms with E-state index in [1.807, 2.05) is 20.8 Å². The van der Waals surface area contributed by atoms with E-state index in [2.05, 4.69) is 0 Å². The minimum absolute atomic E-state index is 0.0927. The Balaban J connectivity index is 1.43. The van der Waals surface area contributed by atoms with E-state index in [4.69, 9.17) is 21.7 Å². The molecule has 26 heavy (non-hydrogen) atoms. The van der Waals surface area contributed by atoms with E-state index in [0.717, 1.165) is 0 Å². The number of hydrogen-bond donors (Lipinski definition) is 1. The van der Waals surface area contributed by atoms with Crippen LogP contribution in [0.5, 0.6) is 0 Å². The number of aliphatic hydroxyl groups excluding tert-OH is 1. The highest BCUT2D eigenvalue weighted by molar-refractivity contribution is 5.92. The second kappa shape index (κ2) is 3.79. The Labute approximate surface area is 156 Å². The summed E-state index contributed by atoms with van der Waals surface area (Å²) in [5.74, 6) is -1.98. The van der Waals surface area contributed by atoms with Crippen LogP contribution in [0.4, 0.5) is 0 Å². The van der Waals surface area contributed by atoms with E-state index in [9.17, 15) is 11.3 Å². The molecule has 0 radical (unpaired) electrons. The van der Waals surface area contributed by atoms with Crippen molar-refractivity contribution in [3.63, 3.8) is 0 Å². The second-order valence-electron chi connectivity index (χ2n) is 9.48. The molecule has 3 saturated heterocycles. The summed E-state index contributed by atoms with van der Waals surface area (Å²) >= 11 is 0. The number of cyclic esters (lactones) is 1. The Hall–Kier alpha value is -0.950. The minimum atomic E-state index is -2.31. The predicted molar refractivity (Wildman–Crippen MR) is 87.1 cm³/mol. The molecule has 0 aromatic carbocycles. The first-order valence-corrected chi connectivity index (χ1v) is 9.63. The Kier molecular flexibility index (Phi) is 1.82. The third-order valence-corrected chi connectivity index (χ3v) is 8.57. The highest BCUT2D eigenvalue weighted by atomic mass is 16.7. The number of hydrogen-bond acceptors (Lipinski definition) is 6. The number of esters is 1. The lowest BCUT2D eigenvalue weighted by molar-refractivity contribution is -0.136. The minimum Gasteiger partial charge on any atom is -0.458 e. The topological polar surface area (TPSA) is 84.1 Å². The molecule has 9 atom stereocenters. The fourth-order valence-corrected chi connectivity index (χ4v) is 7.13. The number of fused-ring (bicyclic) bond motifs is 4. The first-order chi connectivity index (χ1) is 13.4. The van der Waals surface area contributed by atoms with Crippen LogP contribution in [0.2, 0.25) is 0 Å². The third-order valence-electron chi connectivity index (χ3n) is 8.57. The number of carbonyl (C=O) groups is 1. The quantitative estimate of drug-likeness (QED) is 0.555. The van der Waals surface area contributed by atoms with Crippen molar-refractivity contribution in [3.05, 3.63) is 11.1 Å². The molecule has 0 aromatic heterocycles. The SMILES string of the molecule is [2H]C1([2H])OC(=O)C2=C1[C@]1([2H])C[C@@H]3O[C@@]34[C@H](O)[C@@]3(C(C)C)O[C@H]3[C@@H]3O[C@@]34[C@@]1(C)CC2. The summed E-state index contributed by atoms with van der Waals surface area (Å²) in [5, 5.41) is 11.5. The van der Waals surface area contributed by atoms with Crippen LogP contribution in [0, 0.1) is 17.2 Å². The van der Waals surface area contributed by atoms with Gasteiger partial charge in [0.25, 0.3) is 0 Å². The molecular formula is C20H24O6. The zero-order valence-electron chi connectivity index (χ0n) is 18.0. The highest BCUT2D eigenvalue weighted by Gasteiger charge is 3.00. The van der Waals surface area contributed by atoms with Gasteiger partial charge in [-0.2, -0.15) is 0 Å². The third kappa shape index (κ3) is 1.14. The van der Waals surface area contributed by atoms with Crippen LogP contribution >= 0.6 is 0 Å². The number of aliphatic hydroxyl groups is 1. The molecule has 2 saturated carbocycles. The van der Waals surface area contributed by atoms with Crippen molar-refractivity contribution in [2.75, 3.05) is 6.56 Å². The second-order valence-corrected chi connectivity index (χ2v) is 9.48. The van der Waals surface area contributed by atoms with Crippen molar-refractivity contribution in [2.45, 2.75) is 81.3 Å². The Morgan fingerprint density at radius 1 is 1.31 bits per heavy atom. The molecule has 1 N–H and O–H groups in total. The summed E-state index contributed by atoms with van der Waals surface area (Å²) in [5.41, 5.74) is -2.94. The normalized spacial score (nSPS) is 69.6. The molecular weight excluding hydrogens is 336 g/mol. The van der Waals surface area contributed by atoms with Gasteiger partial charge in [-0.3, -0.25) is 0 Å². The molecule has 6 heteroatoms. The van der Waals surface area contributed by atoms with E-state index >= 15 is 0 Å². The van der Waals surface area contributed by atoms with Gasteiger partial charge in [0.05, 0.1) is 8.85 Å². The van der Waals surface area contributed by atoms with Crippen molar-refractivity contribution in [1.29, 1.82) is 0 Å². The van der Waals surface area contributed by atoms with E-state index in [0.29, 0.717) is 18.4 Å². The van der Waals surface area contributed by atoms with Gasteiger partial charge in [-0.15, -0.1) is 0 Å². The van der Waals surface area contributed by atoms with E-state index < -0.39 is 52.8 Å². The molecule has 3 aliphatic carbocycles. The van der Waals surface area contributed by atoms with Crippen molar-refractivity contribution in [1.82, 2.24) is 0 Å². The average Bonchev–Trinajstić information content (AvgIpc) is 3.49. The van der Waals surface area contributed by atoms with Gasteiger partial charge in [0.2, 0.25) is 0 Å². The maximum Gasteiger partial charge on any atom is 0.334 e. The summed E-state index contributed by atoms with van der Waals surface area (Å²) in [6, 6.07) is 0. The molecule has 7 aliphatic rings. The molecule has 2 spiro atoms. The first kappa shape index (κ1) is 12.5. The lowest BCUT2D eigenvalue weighted by Crippen LogP contribution is -2.69. The van der Waals surface area contributed by atoms with Crippen LogP contribution in [0.3, 0.4) is 0 Å². The van der Waals surface area contributed by atoms with Gasteiger partial charge in [-0.05, 0) is 36.6 Å². The van der Waals surface area contributed by atoms with Crippen LogP contribution < -0.4 is 0 Å². The lowest BCUT2D eigenvalue weighted by Gasteiger charge is -2.53. The molecule has 0 unspecified atom stereocenters. The highest BCUT2D eigenvalue weighted by Crippen LogP contribution is 2.82. The van der Waals surface area contributed by atoms with Crippen molar-refractivity contribution in [3.8, 4) is 0 Å². The Bertz CT molecular complexity index is 951. The average molecular weight is 363 g/mol. The molecule has 0 bridgehead atoms. The van der Waals surface area contributed by atoms with Crippen molar-refractivity contribution >= 4 is 5.97 Å². The first-order valence-electron chi connectivity index (χ1n) is 11.1. The summed E-state index contributed by atoms with van der Waals surface area (Å²) < 4.78 is 49.9. The molecule has 7 rings (SSSR count). The summed E-state index contributed by atoms with van der Waals surface area (Å²) in [6.07, 6.45) is -0.832. The fourth-order valence-electron chi connectivity index (χ4n) is 7.13. The van der Waals surface area contributed by atoms with Gasteiger partial charge in [-0.1, -0.05) is 20.8 Å². The summed E-state index contributed by atoms with van der Waals surface area (Å²) in [7, 11) is 0. The number of carbonyl (C=O) groups excluding carboxylic acids is 1. The van der Waals surface area contributed by atoms with Crippen LogP contribution in [-0.4, -0.2) is 58.9 Å². The maximum absolute atomic E-state index is 12.3. The van der Waals surface area contributed by atoms with Gasteiger partial charge in [0.15, 0.2) is 5.60 Å². The number of epoxide rings is 3. The predicted octanol–water partition coefficient (Wildman–Crippen LogP) is 1.10. The molecule has 5 fully saturated rings. The van der Waals surface area contributed by atoms with Gasteiger partial charge >= 0.3 is 5.97 Å². The van der Waals surface area contributed by atoms with Crippen molar-refractivity contribution in [2.24, 2.45) is 17.2 Å². The van der Waals surface area contributed by atoms with Gasteiger partial charge in [-0.25, -0.2) is 4.79 Å². The monoisotopic (exact) mass is 363 g/mol. The zero-order chi connectivity index (χ0) is 20.6. The summed E-state index contributed by atoms with van der Waals surface area (Å²) in [4.78, 5) is 12.3. The van der Waals surface area contributed by atoms with E-state index in [1.54, 1.807) is 0 Å². The largest absolute Gasteiger partial charge is 0.458 e. The smallest absolute Gasteiger partial charge is 0.334 e. The van der Waals surface area contributed by atoms with Crippen LogP contribution in [0.15, 0.2) is 11.1 Å². The van der Waals surface area contributed by atoms with Gasteiger partial charge in [0, 0.05) is 12.4 Å². The zero-order valence-corrected chi connectivity index (χ0v) is 15.0.